The zero-order valence-corrected chi connectivity index (χ0v) is 16.0. The minimum Gasteiger partial charge on any atom is -0.465 e. The first-order valence-corrected chi connectivity index (χ1v) is 9.19. The summed E-state index contributed by atoms with van der Waals surface area (Å²) in [5, 5.41) is 0.453. The molecular weight excluding hydrogens is 348 g/mol. The SMILES string of the molecule is COC(=O)c1ccc2c(=O)[nH]c(CSc3c(C)cc(C)cc3C)nc2c1. The molecule has 0 atom stereocenters. The summed E-state index contributed by atoms with van der Waals surface area (Å²) in [6, 6.07) is 9.05. The molecule has 1 N–H and O–H groups in total. The molecule has 0 aliphatic heterocycles. The molecule has 0 saturated carbocycles. The van der Waals surface area contributed by atoms with E-state index in [1.165, 1.54) is 28.7 Å². The van der Waals surface area contributed by atoms with Gasteiger partial charge in [-0.25, -0.2) is 9.78 Å². The van der Waals surface area contributed by atoms with Crippen LogP contribution < -0.4 is 5.56 Å². The van der Waals surface area contributed by atoms with Gasteiger partial charge in [0.1, 0.15) is 5.82 Å². The van der Waals surface area contributed by atoms with Crippen LogP contribution in [0.5, 0.6) is 0 Å². The number of nitrogens with one attached hydrogen (secondary N) is 1. The highest BCUT2D eigenvalue weighted by Gasteiger charge is 2.11. The number of aryl methyl sites for hydroxylation is 3. The molecule has 0 amide bonds. The van der Waals surface area contributed by atoms with E-state index >= 15 is 0 Å². The monoisotopic (exact) mass is 368 g/mol. The Labute approximate surface area is 155 Å². The fourth-order valence-corrected chi connectivity index (χ4v) is 4.03. The minimum atomic E-state index is -0.448. The third kappa shape index (κ3) is 3.65. The quantitative estimate of drug-likeness (QED) is 0.558. The minimum absolute atomic E-state index is 0.209. The summed E-state index contributed by atoms with van der Waals surface area (Å²) >= 11 is 1.64. The smallest absolute Gasteiger partial charge is 0.337 e. The van der Waals surface area contributed by atoms with Crippen LogP contribution in [0.2, 0.25) is 0 Å². The van der Waals surface area contributed by atoms with Gasteiger partial charge in [0.2, 0.25) is 0 Å². The molecule has 1 aromatic heterocycles. The van der Waals surface area contributed by atoms with E-state index in [2.05, 4.69) is 42.9 Å². The summed E-state index contributed by atoms with van der Waals surface area (Å²) in [4.78, 5) is 32.6. The van der Waals surface area contributed by atoms with Crippen LogP contribution in [0.1, 0.15) is 32.9 Å². The van der Waals surface area contributed by atoms with Crippen LogP contribution in [-0.4, -0.2) is 23.0 Å². The first kappa shape index (κ1) is 18.2. The van der Waals surface area contributed by atoms with Crippen LogP contribution in [0.4, 0.5) is 0 Å². The number of aromatic amines is 1. The van der Waals surface area contributed by atoms with Crippen LogP contribution in [0.3, 0.4) is 0 Å². The molecule has 6 heteroatoms. The molecule has 0 fully saturated rings. The van der Waals surface area contributed by atoms with Gasteiger partial charge in [-0.3, -0.25) is 4.79 Å². The zero-order chi connectivity index (χ0) is 18.8. The van der Waals surface area contributed by atoms with Crippen molar-refractivity contribution < 1.29 is 9.53 Å². The fraction of sp³-hybridized carbons (Fsp3) is 0.250. The largest absolute Gasteiger partial charge is 0.465 e. The number of H-pyrrole nitrogens is 1. The second-order valence-electron chi connectivity index (χ2n) is 6.25. The Bertz CT molecular complexity index is 1030. The Morgan fingerprint density at radius 1 is 1.15 bits per heavy atom. The van der Waals surface area contributed by atoms with Crippen molar-refractivity contribution >= 4 is 28.6 Å². The first-order valence-electron chi connectivity index (χ1n) is 8.21. The van der Waals surface area contributed by atoms with Crippen molar-refractivity contribution in [2.24, 2.45) is 0 Å². The molecule has 5 nitrogen and oxygen atoms in total. The Hall–Kier alpha value is -2.60. The standard InChI is InChI=1S/C20H20N2O3S/c1-11-7-12(2)18(13(3)8-11)26-10-17-21-16-9-14(20(24)25-4)5-6-15(16)19(23)22-17/h5-9H,10H2,1-4H3,(H,21,22,23). The van der Waals surface area contributed by atoms with Crippen molar-refractivity contribution in [3.8, 4) is 0 Å². The Morgan fingerprint density at radius 3 is 2.50 bits per heavy atom. The number of hydrogen-bond acceptors (Lipinski definition) is 5. The predicted molar refractivity (Wildman–Crippen MR) is 104 cm³/mol. The number of esters is 1. The van der Waals surface area contributed by atoms with Crippen LogP contribution in [0.25, 0.3) is 10.9 Å². The summed E-state index contributed by atoms with van der Waals surface area (Å²) in [7, 11) is 1.33. The van der Waals surface area contributed by atoms with E-state index in [9.17, 15) is 9.59 Å². The van der Waals surface area contributed by atoms with Gasteiger partial charge in [-0.1, -0.05) is 17.7 Å². The molecule has 1 heterocycles. The molecule has 0 radical (unpaired) electrons. The summed E-state index contributed by atoms with van der Waals surface area (Å²) in [6.45, 7) is 6.25. The molecule has 26 heavy (non-hydrogen) atoms. The van der Waals surface area contributed by atoms with Gasteiger partial charge in [-0.05, 0) is 50.1 Å². The second-order valence-corrected chi connectivity index (χ2v) is 7.24. The van der Waals surface area contributed by atoms with E-state index in [-0.39, 0.29) is 5.56 Å². The van der Waals surface area contributed by atoms with E-state index in [4.69, 9.17) is 4.74 Å². The van der Waals surface area contributed by atoms with Gasteiger partial charge in [-0.2, -0.15) is 0 Å². The van der Waals surface area contributed by atoms with Crippen molar-refractivity contribution in [2.45, 2.75) is 31.4 Å². The molecule has 0 bridgehead atoms. The van der Waals surface area contributed by atoms with E-state index in [1.807, 2.05) is 0 Å². The topological polar surface area (TPSA) is 72.1 Å². The number of thioether (sulfide) groups is 1. The van der Waals surface area contributed by atoms with Crippen molar-refractivity contribution in [1.29, 1.82) is 0 Å². The van der Waals surface area contributed by atoms with E-state index in [0.29, 0.717) is 28.0 Å². The Kier molecular flexibility index (Phi) is 5.13. The number of nitrogens with zero attached hydrogens (tertiary/aromatic N) is 1. The number of fused-ring (bicyclic) bond motifs is 1. The van der Waals surface area contributed by atoms with Crippen LogP contribution in [-0.2, 0) is 10.5 Å². The average molecular weight is 368 g/mol. The maximum atomic E-state index is 12.3. The van der Waals surface area contributed by atoms with Crippen molar-refractivity contribution in [1.82, 2.24) is 9.97 Å². The number of carbonyl (C=O) groups excluding carboxylic acids is 1. The predicted octanol–water partition coefficient (Wildman–Crippen LogP) is 3.93. The molecule has 3 aromatic rings. The van der Waals surface area contributed by atoms with Gasteiger partial charge in [-0.15, -0.1) is 11.8 Å². The number of ether oxygens (including phenoxy) is 1. The van der Waals surface area contributed by atoms with Gasteiger partial charge in [0.15, 0.2) is 0 Å². The highest BCUT2D eigenvalue weighted by molar-refractivity contribution is 7.98. The summed E-state index contributed by atoms with van der Waals surface area (Å²) in [5.41, 5.74) is 4.31. The average Bonchev–Trinajstić information content (AvgIpc) is 2.59. The molecule has 134 valence electrons. The summed E-state index contributed by atoms with van der Waals surface area (Å²) < 4.78 is 4.73. The lowest BCUT2D eigenvalue weighted by Crippen LogP contribution is -2.12. The van der Waals surface area contributed by atoms with E-state index < -0.39 is 5.97 Å². The molecule has 2 aromatic carbocycles. The van der Waals surface area contributed by atoms with Gasteiger partial charge >= 0.3 is 5.97 Å². The number of carbonyl (C=O) groups is 1. The normalized spacial score (nSPS) is 10.9. The molecule has 0 spiro atoms. The molecule has 0 aliphatic carbocycles. The van der Waals surface area contributed by atoms with Crippen molar-refractivity contribution in [3.63, 3.8) is 0 Å². The number of rotatable bonds is 4. The number of aromatic nitrogens is 2. The fourth-order valence-electron chi connectivity index (χ4n) is 3.04. The van der Waals surface area contributed by atoms with Crippen molar-refractivity contribution in [2.75, 3.05) is 7.11 Å². The van der Waals surface area contributed by atoms with Crippen LogP contribution in [0, 0.1) is 20.8 Å². The third-order valence-corrected chi connectivity index (χ3v) is 5.48. The van der Waals surface area contributed by atoms with Crippen LogP contribution in [0.15, 0.2) is 40.0 Å². The number of hydrogen-bond donors (Lipinski definition) is 1. The van der Waals surface area contributed by atoms with Crippen LogP contribution >= 0.6 is 11.8 Å². The van der Waals surface area contributed by atoms with Gasteiger partial charge in [0, 0.05) is 4.90 Å². The molecule has 0 unspecified atom stereocenters. The summed E-state index contributed by atoms with van der Waals surface area (Å²) in [5.74, 6) is 0.669. The lowest BCUT2D eigenvalue weighted by atomic mass is 10.1. The molecule has 0 saturated heterocycles. The lowest BCUT2D eigenvalue weighted by molar-refractivity contribution is 0.0601. The second kappa shape index (κ2) is 7.33. The first-order chi connectivity index (χ1) is 12.4. The molecule has 0 aliphatic rings. The molecular formula is C20H20N2O3S. The molecule has 3 rings (SSSR count). The highest BCUT2D eigenvalue weighted by atomic mass is 32.2. The Morgan fingerprint density at radius 2 is 1.85 bits per heavy atom. The van der Waals surface area contributed by atoms with E-state index in [0.717, 1.165) is 0 Å². The van der Waals surface area contributed by atoms with Gasteiger partial charge < -0.3 is 9.72 Å². The third-order valence-electron chi connectivity index (χ3n) is 4.13. The maximum absolute atomic E-state index is 12.3. The number of benzene rings is 2. The zero-order valence-electron chi connectivity index (χ0n) is 15.2. The van der Waals surface area contributed by atoms with Crippen molar-refractivity contribution in [3.05, 3.63) is 68.8 Å². The summed E-state index contributed by atoms with van der Waals surface area (Å²) in [6.07, 6.45) is 0. The van der Waals surface area contributed by atoms with Gasteiger partial charge in [0.25, 0.3) is 5.56 Å². The van der Waals surface area contributed by atoms with Gasteiger partial charge in [0.05, 0.1) is 29.3 Å². The highest BCUT2D eigenvalue weighted by Crippen LogP contribution is 2.29. The van der Waals surface area contributed by atoms with E-state index in [1.54, 1.807) is 30.0 Å². The number of methoxy groups -OCH3 is 1. The maximum Gasteiger partial charge on any atom is 0.337 e. The lowest BCUT2D eigenvalue weighted by Gasteiger charge is -2.11. The Balaban J connectivity index is 1.93.